The van der Waals surface area contributed by atoms with Gasteiger partial charge < -0.3 is 5.11 Å². The first-order chi connectivity index (χ1) is 5.25. The molecule has 2 nitrogen and oxygen atoms in total. The quantitative estimate of drug-likeness (QED) is 0.756. The van der Waals surface area contributed by atoms with E-state index in [0.29, 0.717) is 5.92 Å². The lowest BCUT2D eigenvalue weighted by Crippen LogP contribution is -2.07. The van der Waals surface area contributed by atoms with Crippen LogP contribution in [0.15, 0.2) is 11.6 Å². The van der Waals surface area contributed by atoms with Crippen molar-refractivity contribution in [2.75, 3.05) is 0 Å². The minimum absolute atomic E-state index is 0.307. The van der Waals surface area contributed by atoms with Crippen LogP contribution in [-0.2, 0) is 0 Å². The van der Waals surface area contributed by atoms with Gasteiger partial charge in [0.2, 0.25) is 0 Å². The zero-order valence-electron chi connectivity index (χ0n) is 6.82. The SMILES string of the molecule is CCC(C)C(O)c1nccs1. The maximum atomic E-state index is 9.63. The van der Waals surface area contributed by atoms with Crippen LogP contribution in [0.1, 0.15) is 31.4 Å². The Morgan fingerprint density at radius 1 is 1.73 bits per heavy atom. The first-order valence-corrected chi connectivity index (χ1v) is 4.71. The number of aromatic nitrogens is 1. The van der Waals surface area contributed by atoms with E-state index in [9.17, 15) is 5.11 Å². The molecule has 0 aliphatic carbocycles. The van der Waals surface area contributed by atoms with Crippen molar-refractivity contribution in [3.05, 3.63) is 16.6 Å². The summed E-state index contributed by atoms with van der Waals surface area (Å²) in [6, 6.07) is 0. The molecule has 1 aromatic heterocycles. The van der Waals surface area contributed by atoms with E-state index in [1.807, 2.05) is 12.3 Å². The van der Waals surface area contributed by atoms with Crippen LogP contribution >= 0.6 is 11.3 Å². The fourth-order valence-corrected chi connectivity index (χ4v) is 1.60. The lowest BCUT2D eigenvalue weighted by atomic mass is 10.0. The van der Waals surface area contributed by atoms with Crippen molar-refractivity contribution >= 4 is 11.3 Å². The van der Waals surface area contributed by atoms with E-state index < -0.39 is 0 Å². The van der Waals surface area contributed by atoms with E-state index in [1.165, 1.54) is 11.3 Å². The normalized spacial score (nSPS) is 16.3. The second kappa shape index (κ2) is 3.83. The largest absolute Gasteiger partial charge is 0.386 e. The lowest BCUT2D eigenvalue weighted by Gasteiger charge is -2.13. The second-order valence-corrected chi connectivity index (χ2v) is 3.63. The van der Waals surface area contributed by atoms with Crippen molar-refractivity contribution in [1.29, 1.82) is 0 Å². The third-order valence-corrected chi connectivity index (χ3v) is 2.73. The molecule has 2 unspecified atom stereocenters. The molecule has 0 aliphatic heterocycles. The van der Waals surface area contributed by atoms with Crippen molar-refractivity contribution in [1.82, 2.24) is 4.98 Å². The predicted molar refractivity (Wildman–Crippen MR) is 46.5 cm³/mol. The van der Waals surface area contributed by atoms with Gasteiger partial charge in [0.25, 0.3) is 0 Å². The van der Waals surface area contributed by atoms with Gasteiger partial charge in [-0.2, -0.15) is 0 Å². The average Bonchev–Trinajstić information content (AvgIpc) is 2.53. The maximum Gasteiger partial charge on any atom is 0.121 e. The molecule has 0 amide bonds. The average molecular weight is 171 g/mol. The first-order valence-electron chi connectivity index (χ1n) is 3.83. The molecule has 11 heavy (non-hydrogen) atoms. The molecule has 0 aromatic carbocycles. The molecule has 0 spiro atoms. The van der Waals surface area contributed by atoms with Crippen LogP contribution in [-0.4, -0.2) is 10.1 Å². The Bertz CT molecular complexity index is 198. The van der Waals surface area contributed by atoms with Gasteiger partial charge in [-0.3, -0.25) is 0 Å². The fourth-order valence-electron chi connectivity index (χ4n) is 0.847. The van der Waals surface area contributed by atoms with Gasteiger partial charge in [0, 0.05) is 11.6 Å². The maximum absolute atomic E-state index is 9.63. The van der Waals surface area contributed by atoms with Crippen molar-refractivity contribution in [3.8, 4) is 0 Å². The monoisotopic (exact) mass is 171 g/mol. The Morgan fingerprint density at radius 3 is 2.91 bits per heavy atom. The number of thiazole rings is 1. The van der Waals surface area contributed by atoms with E-state index in [2.05, 4.69) is 11.9 Å². The second-order valence-electron chi connectivity index (χ2n) is 2.70. The molecular formula is C8H13NOS. The number of rotatable bonds is 3. The topological polar surface area (TPSA) is 33.1 Å². The first kappa shape index (κ1) is 8.68. The molecule has 2 atom stereocenters. The summed E-state index contributed by atoms with van der Waals surface area (Å²) in [5.74, 6) is 0.307. The molecule has 62 valence electrons. The molecule has 1 heterocycles. The Labute approximate surface area is 70.9 Å². The van der Waals surface area contributed by atoms with E-state index in [4.69, 9.17) is 0 Å². The number of aliphatic hydroxyl groups excluding tert-OH is 1. The highest BCUT2D eigenvalue weighted by atomic mass is 32.1. The molecule has 0 saturated heterocycles. The minimum Gasteiger partial charge on any atom is -0.386 e. The molecule has 0 bridgehead atoms. The van der Waals surface area contributed by atoms with Gasteiger partial charge in [-0.25, -0.2) is 4.98 Å². The Balaban J connectivity index is 2.62. The van der Waals surface area contributed by atoms with E-state index in [0.717, 1.165) is 11.4 Å². The molecule has 1 aromatic rings. The summed E-state index contributed by atoms with van der Waals surface area (Å²) in [5.41, 5.74) is 0. The van der Waals surface area contributed by atoms with Gasteiger partial charge in [-0.1, -0.05) is 20.3 Å². The summed E-state index contributed by atoms with van der Waals surface area (Å²) in [6.07, 6.45) is 2.34. The lowest BCUT2D eigenvalue weighted by molar-refractivity contribution is 0.115. The highest BCUT2D eigenvalue weighted by Gasteiger charge is 2.16. The predicted octanol–water partition coefficient (Wildman–Crippen LogP) is 2.22. The summed E-state index contributed by atoms with van der Waals surface area (Å²) in [5, 5.41) is 12.3. The van der Waals surface area contributed by atoms with E-state index in [-0.39, 0.29) is 6.10 Å². The van der Waals surface area contributed by atoms with Gasteiger partial charge in [0.1, 0.15) is 11.1 Å². The van der Waals surface area contributed by atoms with Crippen LogP contribution in [0.5, 0.6) is 0 Å². The smallest absolute Gasteiger partial charge is 0.121 e. The molecular weight excluding hydrogens is 158 g/mol. The molecule has 0 radical (unpaired) electrons. The van der Waals surface area contributed by atoms with Gasteiger partial charge in [-0.05, 0) is 5.92 Å². The summed E-state index contributed by atoms with van der Waals surface area (Å²) in [7, 11) is 0. The van der Waals surface area contributed by atoms with Crippen LogP contribution in [0.4, 0.5) is 0 Å². The third kappa shape index (κ3) is 2.01. The van der Waals surface area contributed by atoms with Crippen LogP contribution < -0.4 is 0 Å². The van der Waals surface area contributed by atoms with Crippen molar-refractivity contribution in [3.63, 3.8) is 0 Å². The number of hydrogen-bond acceptors (Lipinski definition) is 3. The van der Waals surface area contributed by atoms with Crippen molar-refractivity contribution in [2.24, 2.45) is 5.92 Å². The molecule has 3 heteroatoms. The van der Waals surface area contributed by atoms with Gasteiger partial charge in [-0.15, -0.1) is 11.3 Å². The standard InChI is InChI=1S/C8H13NOS/c1-3-6(2)7(10)8-9-4-5-11-8/h4-7,10H,3H2,1-2H3. The zero-order valence-corrected chi connectivity index (χ0v) is 7.64. The third-order valence-electron chi connectivity index (χ3n) is 1.89. The summed E-state index contributed by atoms with van der Waals surface area (Å²) >= 11 is 1.51. The minimum atomic E-state index is -0.375. The van der Waals surface area contributed by atoms with E-state index >= 15 is 0 Å². The highest BCUT2D eigenvalue weighted by molar-refractivity contribution is 7.09. The van der Waals surface area contributed by atoms with Crippen molar-refractivity contribution in [2.45, 2.75) is 26.4 Å². The van der Waals surface area contributed by atoms with Crippen molar-refractivity contribution < 1.29 is 5.11 Å². The van der Waals surface area contributed by atoms with E-state index in [1.54, 1.807) is 6.20 Å². The summed E-state index contributed by atoms with van der Waals surface area (Å²) in [6.45, 7) is 4.10. The summed E-state index contributed by atoms with van der Waals surface area (Å²) in [4.78, 5) is 4.05. The Kier molecular flexibility index (Phi) is 3.02. The molecule has 0 fully saturated rings. The molecule has 1 N–H and O–H groups in total. The highest BCUT2D eigenvalue weighted by Crippen LogP contribution is 2.24. The van der Waals surface area contributed by atoms with Crippen LogP contribution in [0.3, 0.4) is 0 Å². The number of nitrogens with zero attached hydrogens (tertiary/aromatic N) is 1. The van der Waals surface area contributed by atoms with Crippen LogP contribution in [0.25, 0.3) is 0 Å². The fraction of sp³-hybridized carbons (Fsp3) is 0.625. The number of hydrogen-bond donors (Lipinski definition) is 1. The number of aliphatic hydroxyl groups is 1. The van der Waals surface area contributed by atoms with Gasteiger partial charge >= 0.3 is 0 Å². The zero-order chi connectivity index (χ0) is 8.27. The van der Waals surface area contributed by atoms with Crippen LogP contribution in [0, 0.1) is 5.92 Å². The Morgan fingerprint density at radius 2 is 2.45 bits per heavy atom. The summed E-state index contributed by atoms with van der Waals surface area (Å²) < 4.78 is 0. The van der Waals surface area contributed by atoms with Gasteiger partial charge in [0.15, 0.2) is 0 Å². The molecule has 1 rings (SSSR count). The Hall–Kier alpha value is -0.410. The van der Waals surface area contributed by atoms with Crippen LogP contribution in [0.2, 0.25) is 0 Å². The molecule has 0 saturated carbocycles. The molecule has 0 aliphatic rings. The van der Waals surface area contributed by atoms with Gasteiger partial charge in [0.05, 0.1) is 0 Å².